The second-order valence-electron chi connectivity index (χ2n) is 14.5. The molecule has 1 N–H and O–H groups in total. The van der Waals surface area contributed by atoms with E-state index in [2.05, 4.69) is 70.3 Å². The number of rotatable bonds is 7. The fraction of sp³-hybridized carbons (Fsp3) is 0.400. The second-order valence-corrected chi connectivity index (χ2v) is 15.5. The van der Waals surface area contributed by atoms with Crippen LogP contribution in [0.15, 0.2) is 54.6 Å². The molecule has 0 saturated heterocycles. The number of methoxy groups -OCH3 is 3. The van der Waals surface area contributed by atoms with Crippen molar-refractivity contribution in [2.45, 2.75) is 64.5 Å². The SMILES string of the molecule is COC(=O)CC1COc2c(cc3c4c2CCCN4CCC3)-c2c(NC(C)(C)C)n3c(-c4ccc(OC)cc4)c(-c4ccc(OC)cc4)sc3[n+]21. The van der Waals surface area contributed by atoms with E-state index in [1.165, 1.54) is 23.9 Å². The molecular weight excluding hydrogens is 649 g/mol. The molecule has 3 aliphatic rings. The summed E-state index contributed by atoms with van der Waals surface area (Å²) < 4.78 is 28.0. The molecule has 1 unspecified atom stereocenters. The van der Waals surface area contributed by atoms with E-state index in [4.69, 9.17) is 18.9 Å². The van der Waals surface area contributed by atoms with Crippen LogP contribution in [0.4, 0.5) is 11.5 Å². The third kappa shape index (κ3) is 5.44. The van der Waals surface area contributed by atoms with Crippen LogP contribution in [0.3, 0.4) is 0 Å². The molecule has 0 spiro atoms. The maximum Gasteiger partial charge on any atom is 0.349 e. The molecule has 0 radical (unpaired) electrons. The van der Waals surface area contributed by atoms with Crippen molar-refractivity contribution in [1.29, 1.82) is 0 Å². The Morgan fingerprint density at radius 2 is 1.62 bits per heavy atom. The van der Waals surface area contributed by atoms with Gasteiger partial charge < -0.3 is 29.2 Å². The molecule has 8 rings (SSSR count). The lowest BCUT2D eigenvalue weighted by atomic mass is 9.88. The first-order chi connectivity index (χ1) is 24.2. The zero-order chi connectivity index (χ0) is 34.7. The Kier molecular flexibility index (Phi) is 8.17. The summed E-state index contributed by atoms with van der Waals surface area (Å²) in [6, 6.07) is 18.6. The first-order valence-electron chi connectivity index (χ1n) is 17.5. The topological polar surface area (TPSA) is 77.6 Å². The molecule has 9 nitrogen and oxygen atoms in total. The number of imidazole rings is 1. The summed E-state index contributed by atoms with van der Waals surface area (Å²) in [5, 5.41) is 3.97. The first-order valence-corrected chi connectivity index (χ1v) is 18.3. The average molecular weight is 694 g/mol. The highest BCUT2D eigenvalue weighted by Crippen LogP contribution is 2.51. The van der Waals surface area contributed by atoms with Crippen LogP contribution < -0.4 is 29.0 Å². The molecule has 10 heteroatoms. The van der Waals surface area contributed by atoms with Gasteiger partial charge >= 0.3 is 10.9 Å². The van der Waals surface area contributed by atoms with E-state index >= 15 is 0 Å². The Balaban J connectivity index is 1.50. The van der Waals surface area contributed by atoms with Gasteiger partial charge in [0, 0.05) is 35.4 Å². The van der Waals surface area contributed by atoms with E-state index in [-0.39, 0.29) is 24.0 Å². The number of carbonyl (C=O) groups is 1. The number of carbonyl (C=O) groups excluding carboxylic acids is 1. The Bertz CT molecular complexity index is 2090. The number of fused-ring (bicyclic) bond motifs is 6. The summed E-state index contributed by atoms with van der Waals surface area (Å²) in [7, 11) is 4.84. The smallest absolute Gasteiger partial charge is 0.349 e. The summed E-state index contributed by atoms with van der Waals surface area (Å²) in [5.41, 5.74) is 9.11. The van der Waals surface area contributed by atoms with Gasteiger partial charge in [0.05, 0.1) is 38.2 Å². The molecule has 0 aliphatic carbocycles. The summed E-state index contributed by atoms with van der Waals surface area (Å²) in [4.78, 5) is 17.8. The van der Waals surface area contributed by atoms with E-state index in [1.54, 1.807) is 25.6 Å². The zero-order valence-corrected chi connectivity index (χ0v) is 30.5. The molecule has 3 aromatic carbocycles. The minimum atomic E-state index is -0.301. The minimum Gasteiger partial charge on any atom is -0.497 e. The summed E-state index contributed by atoms with van der Waals surface area (Å²) in [5.74, 6) is 3.27. The molecule has 0 amide bonds. The highest BCUT2D eigenvalue weighted by atomic mass is 32.1. The molecular formula is C40H45N4O5S+. The molecule has 50 heavy (non-hydrogen) atoms. The maximum absolute atomic E-state index is 13.1. The van der Waals surface area contributed by atoms with Crippen LogP contribution in [0, 0.1) is 0 Å². The fourth-order valence-electron chi connectivity index (χ4n) is 7.93. The van der Waals surface area contributed by atoms with Crippen molar-refractivity contribution in [2.75, 3.05) is 51.2 Å². The van der Waals surface area contributed by atoms with E-state index in [9.17, 15) is 4.79 Å². The van der Waals surface area contributed by atoms with E-state index in [1.807, 2.05) is 24.3 Å². The molecule has 1 atom stereocenters. The lowest BCUT2D eigenvalue weighted by molar-refractivity contribution is -0.684. The molecule has 5 heterocycles. The minimum absolute atomic E-state index is 0.186. The molecule has 5 aromatic rings. The number of anilines is 2. The van der Waals surface area contributed by atoms with Crippen LogP contribution in [-0.4, -0.2) is 56.9 Å². The van der Waals surface area contributed by atoms with Gasteiger partial charge in [-0.15, -0.1) is 0 Å². The van der Waals surface area contributed by atoms with Gasteiger partial charge in [-0.1, -0.05) is 0 Å². The number of nitrogens with one attached hydrogen (secondary N) is 1. The first kappa shape index (κ1) is 32.5. The highest BCUT2D eigenvalue weighted by Gasteiger charge is 2.44. The van der Waals surface area contributed by atoms with E-state index in [0.717, 1.165) is 99.8 Å². The lowest BCUT2D eigenvalue weighted by Crippen LogP contribution is -2.43. The van der Waals surface area contributed by atoms with Crippen molar-refractivity contribution in [2.24, 2.45) is 0 Å². The van der Waals surface area contributed by atoms with Crippen LogP contribution in [0.25, 0.3) is 37.9 Å². The van der Waals surface area contributed by atoms with E-state index < -0.39 is 0 Å². The number of esters is 1. The van der Waals surface area contributed by atoms with Gasteiger partial charge in [-0.2, -0.15) is 4.40 Å². The van der Waals surface area contributed by atoms with Crippen LogP contribution >= 0.6 is 11.3 Å². The highest BCUT2D eigenvalue weighted by molar-refractivity contribution is 7.20. The molecule has 3 aliphatic heterocycles. The maximum atomic E-state index is 13.1. The van der Waals surface area contributed by atoms with Gasteiger partial charge in [0.2, 0.25) is 11.5 Å². The number of aryl methyl sites for hydroxylation is 1. The Hall–Kier alpha value is -4.70. The van der Waals surface area contributed by atoms with Crippen molar-refractivity contribution in [3.8, 4) is 50.2 Å². The largest absolute Gasteiger partial charge is 0.497 e. The molecule has 0 fully saturated rings. The number of benzene rings is 3. The Morgan fingerprint density at radius 1 is 0.960 bits per heavy atom. The van der Waals surface area contributed by atoms with Crippen molar-refractivity contribution >= 4 is 33.8 Å². The van der Waals surface area contributed by atoms with E-state index in [0.29, 0.717) is 6.61 Å². The summed E-state index contributed by atoms with van der Waals surface area (Å²) in [6.45, 7) is 9.11. The van der Waals surface area contributed by atoms with Crippen molar-refractivity contribution in [1.82, 2.24) is 4.40 Å². The van der Waals surface area contributed by atoms with Gasteiger partial charge in [-0.05, 0) is 124 Å². The number of hydrogen-bond acceptors (Lipinski definition) is 8. The standard InChI is InChI=1S/C40H45N4O5S/c1-40(2,3)41-38-35-31-21-26-9-7-19-42-20-8-10-30(33(26)42)36(31)49-23-27(22-32(45)48-6)43(35)39-44(38)34(24-11-15-28(46-4)16-12-24)37(50-39)25-13-17-29(47-5)18-14-25/h11-18,21,27,41H,7-10,19-20,22-23H2,1-6H3/q+1. The van der Waals surface area contributed by atoms with Gasteiger partial charge in [-0.25, -0.2) is 4.57 Å². The monoisotopic (exact) mass is 693 g/mol. The zero-order valence-electron chi connectivity index (χ0n) is 29.7. The normalized spacial score (nSPS) is 16.5. The van der Waals surface area contributed by atoms with Crippen LogP contribution in [0.5, 0.6) is 17.2 Å². The predicted octanol–water partition coefficient (Wildman–Crippen LogP) is 7.71. The van der Waals surface area contributed by atoms with Crippen LogP contribution in [0.1, 0.15) is 57.2 Å². The molecule has 0 bridgehead atoms. The Labute approximate surface area is 297 Å². The van der Waals surface area contributed by atoms with Gasteiger partial charge in [0.1, 0.15) is 29.9 Å². The van der Waals surface area contributed by atoms with Crippen molar-refractivity contribution < 1.29 is 28.3 Å². The average Bonchev–Trinajstić information content (AvgIpc) is 3.59. The van der Waals surface area contributed by atoms with Crippen LogP contribution in [-0.2, 0) is 22.4 Å². The number of thiazole rings is 1. The lowest BCUT2D eigenvalue weighted by Gasteiger charge is -2.38. The summed E-state index contributed by atoms with van der Waals surface area (Å²) >= 11 is 1.73. The summed E-state index contributed by atoms with van der Waals surface area (Å²) in [6.07, 6.45) is 4.45. The number of nitrogens with zero attached hydrogens (tertiary/aromatic N) is 3. The van der Waals surface area contributed by atoms with Gasteiger partial charge in [0.25, 0.3) is 0 Å². The van der Waals surface area contributed by atoms with Gasteiger partial charge in [-0.3, -0.25) is 4.79 Å². The number of ether oxygens (including phenoxy) is 4. The predicted molar refractivity (Wildman–Crippen MR) is 198 cm³/mol. The molecule has 260 valence electrons. The fourth-order valence-corrected chi connectivity index (χ4v) is 9.28. The number of aromatic nitrogens is 2. The van der Waals surface area contributed by atoms with Crippen LogP contribution in [0.2, 0.25) is 0 Å². The van der Waals surface area contributed by atoms with Crippen molar-refractivity contribution in [3.05, 3.63) is 65.7 Å². The van der Waals surface area contributed by atoms with Crippen molar-refractivity contribution in [3.63, 3.8) is 0 Å². The third-order valence-electron chi connectivity index (χ3n) is 10.1. The van der Waals surface area contributed by atoms with Gasteiger partial charge in [0.15, 0.2) is 5.69 Å². The third-order valence-corrected chi connectivity index (χ3v) is 11.3. The second kappa shape index (κ2) is 12.6. The molecule has 2 aromatic heterocycles. The molecule has 0 saturated carbocycles. The number of hydrogen-bond donors (Lipinski definition) is 1. The Morgan fingerprint density at radius 3 is 2.26 bits per heavy atom. The quantitative estimate of drug-likeness (QED) is 0.138.